The molecule has 1 aliphatic heterocycles. The first kappa shape index (κ1) is 6.12. The van der Waals surface area contributed by atoms with Crippen molar-refractivity contribution in [1.82, 2.24) is 0 Å². The molecule has 0 atom stereocenters. The molecule has 1 heteroatoms. The summed E-state index contributed by atoms with van der Waals surface area (Å²) in [4.78, 5) is 2.28. The molecular formula is C9H7As. The maximum absolute atomic E-state index is 2.28. The summed E-state index contributed by atoms with van der Waals surface area (Å²) in [5.74, 6) is 0. The van der Waals surface area contributed by atoms with Gasteiger partial charge in [-0.3, -0.25) is 0 Å². The Labute approximate surface area is 66.1 Å². The number of allylic oxidation sites excluding steroid dienone is 1. The van der Waals surface area contributed by atoms with E-state index < -0.39 is 0 Å². The van der Waals surface area contributed by atoms with Crippen LogP contribution < -0.4 is 5.22 Å². The van der Waals surface area contributed by atoms with E-state index in [0.717, 1.165) is 0 Å². The number of hydrogen-bond donors (Lipinski definition) is 0. The van der Waals surface area contributed by atoms with Gasteiger partial charge in [0.2, 0.25) is 0 Å². The van der Waals surface area contributed by atoms with Crippen molar-refractivity contribution in [2.45, 2.75) is 0 Å². The predicted molar refractivity (Wildman–Crippen MR) is 44.3 cm³/mol. The average molecular weight is 190 g/mol. The summed E-state index contributed by atoms with van der Waals surface area (Å²) in [6, 6.07) is 8.60. The molecule has 10 heavy (non-hydrogen) atoms. The summed E-state index contributed by atoms with van der Waals surface area (Å²) in [6.07, 6.45) is 4.33. The third kappa shape index (κ3) is 0.997. The summed E-state index contributed by atoms with van der Waals surface area (Å²) in [6.45, 7) is 0. The van der Waals surface area contributed by atoms with Gasteiger partial charge in [-0.1, -0.05) is 0 Å². The molecule has 0 unspecified atom stereocenters. The van der Waals surface area contributed by atoms with Crippen molar-refractivity contribution in [3.63, 3.8) is 0 Å². The molecule has 0 N–H and O–H groups in total. The summed E-state index contributed by atoms with van der Waals surface area (Å²) < 4.78 is 1.53. The molecule has 2 rings (SSSR count). The van der Waals surface area contributed by atoms with E-state index >= 15 is 0 Å². The van der Waals surface area contributed by atoms with Crippen LogP contribution in [0.2, 0.25) is 0 Å². The van der Waals surface area contributed by atoms with Crippen LogP contribution in [0, 0.1) is 3.95 Å². The summed E-state index contributed by atoms with van der Waals surface area (Å²) in [5.41, 5.74) is 0. The van der Waals surface area contributed by atoms with Gasteiger partial charge in [0.15, 0.2) is 0 Å². The second kappa shape index (κ2) is 2.55. The summed E-state index contributed by atoms with van der Waals surface area (Å²) >= 11 is 0.317. The first-order valence-electron chi connectivity index (χ1n) is 3.26. The zero-order valence-corrected chi connectivity index (χ0v) is 7.37. The monoisotopic (exact) mass is 190 g/mol. The molecule has 0 radical (unpaired) electrons. The van der Waals surface area contributed by atoms with Crippen molar-refractivity contribution in [2.75, 3.05) is 0 Å². The fourth-order valence-corrected chi connectivity index (χ4v) is 2.70. The molecule has 0 saturated heterocycles. The van der Waals surface area contributed by atoms with Crippen molar-refractivity contribution >= 4 is 21.4 Å². The standard InChI is InChI=1S/C9H7As/c1-2-6-9-8(4-1)5-3-7-10-9/h1-7H. The van der Waals surface area contributed by atoms with Crippen LogP contribution in [0.5, 0.6) is 0 Å². The van der Waals surface area contributed by atoms with Crippen LogP contribution in [-0.2, 0) is 0 Å². The Bertz CT molecular complexity index is 337. The van der Waals surface area contributed by atoms with Gasteiger partial charge in [0, 0.05) is 0 Å². The van der Waals surface area contributed by atoms with E-state index in [9.17, 15) is 0 Å². The van der Waals surface area contributed by atoms with Crippen LogP contribution in [-0.4, -0.2) is 15.3 Å². The molecule has 0 aromatic heterocycles. The Morgan fingerprint density at radius 3 is 2.90 bits per heavy atom. The van der Waals surface area contributed by atoms with Gasteiger partial charge in [-0.05, 0) is 0 Å². The van der Waals surface area contributed by atoms with Crippen molar-refractivity contribution in [1.29, 1.82) is 0 Å². The Morgan fingerprint density at radius 1 is 1.10 bits per heavy atom. The molecule has 1 aliphatic rings. The van der Waals surface area contributed by atoms with Gasteiger partial charge < -0.3 is 0 Å². The van der Waals surface area contributed by atoms with E-state index in [1.807, 2.05) is 0 Å². The van der Waals surface area contributed by atoms with E-state index in [-0.39, 0.29) is 0 Å². The minimum atomic E-state index is 0.317. The number of fused-ring (bicyclic) bond motifs is 1. The molecule has 0 fully saturated rings. The van der Waals surface area contributed by atoms with Crippen LogP contribution in [0.25, 0.3) is 6.08 Å². The van der Waals surface area contributed by atoms with Gasteiger partial charge in [0.25, 0.3) is 0 Å². The fraction of sp³-hybridized carbons (Fsp3) is 0. The first-order valence-corrected chi connectivity index (χ1v) is 5.29. The van der Waals surface area contributed by atoms with Gasteiger partial charge >= 0.3 is 65.8 Å². The normalized spacial score (nSPS) is 14.8. The van der Waals surface area contributed by atoms with Crippen LogP contribution in [0.4, 0.5) is 0 Å². The SMILES string of the molecule is C1=C[As]=c2ccccc2=C1. The molecule has 0 aliphatic carbocycles. The Balaban J connectivity index is 2.92. The Kier molecular flexibility index (Phi) is 1.56. The van der Waals surface area contributed by atoms with E-state index in [1.54, 1.807) is 0 Å². The van der Waals surface area contributed by atoms with Crippen LogP contribution in [0.1, 0.15) is 0 Å². The van der Waals surface area contributed by atoms with Gasteiger partial charge in [-0.2, -0.15) is 0 Å². The zero-order valence-electron chi connectivity index (χ0n) is 5.49. The second-order valence-corrected chi connectivity index (χ2v) is 4.37. The Morgan fingerprint density at radius 2 is 2.00 bits per heavy atom. The molecule has 0 amide bonds. The van der Waals surface area contributed by atoms with Crippen molar-refractivity contribution in [3.8, 4) is 0 Å². The van der Waals surface area contributed by atoms with Crippen molar-refractivity contribution in [2.24, 2.45) is 0 Å². The van der Waals surface area contributed by atoms with Gasteiger partial charge in [-0.15, -0.1) is 0 Å². The number of benzene rings is 1. The van der Waals surface area contributed by atoms with Crippen LogP contribution in [0.3, 0.4) is 0 Å². The predicted octanol–water partition coefficient (Wildman–Crippen LogP) is 0.949. The molecule has 1 aromatic rings. The van der Waals surface area contributed by atoms with Gasteiger partial charge in [0.05, 0.1) is 0 Å². The third-order valence-corrected chi connectivity index (χ3v) is 3.62. The molecule has 0 nitrogen and oxygen atoms in total. The minimum absolute atomic E-state index is 0.317. The molecular weight excluding hydrogens is 183 g/mol. The van der Waals surface area contributed by atoms with Crippen LogP contribution in [0.15, 0.2) is 35.2 Å². The maximum atomic E-state index is 2.28. The molecule has 1 heterocycles. The molecule has 0 bridgehead atoms. The van der Waals surface area contributed by atoms with Crippen LogP contribution >= 0.6 is 0 Å². The van der Waals surface area contributed by atoms with Crippen molar-refractivity contribution < 1.29 is 0 Å². The topological polar surface area (TPSA) is 0 Å². The first-order chi connectivity index (χ1) is 4.97. The van der Waals surface area contributed by atoms with Crippen molar-refractivity contribution in [3.05, 3.63) is 44.4 Å². The van der Waals surface area contributed by atoms with Gasteiger partial charge in [-0.25, -0.2) is 0 Å². The van der Waals surface area contributed by atoms with E-state index in [1.165, 1.54) is 9.17 Å². The number of rotatable bonds is 0. The van der Waals surface area contributed by atoms with Gasteiger partial charge in [0.1, 0.15) is 0 Å². The summed E-state index contributed by atoms with van der Waals surface area (Å²) in [5, 5.41) is 1.41. The molecule has 0 saturated carbocycles. The quantitative estimate of drug-likeness (QED) is 0.534. The van der Waals surface area contributed by atoms with E-state index in [0.29, 0.717) is 15.3 Å². The van der Waals surface area contributed by atoms with E-state index in [4.69, 9.17) is 0 Å². The average Bonchev–Trinajstić information content (AvgIpc) is 2.05. The molecule has 1 aromatic carbocycles. The number of hydrogen-bond acceptors (Lipinski definition) is 0. The fourth-order valence-electron chi connectivity index (χ4n) is 1.02. The molecule has 0 spiro atoms. The molecule has 48 valence electrons. The van der Waals surface area contributed by atoms with E-state index in [2.05, 4.69) is 41.3 Å². The Hall–Kier alpha value is -0.612. The summed E-state index contributed by atoms with van der Waals surface area (Å²) in [7, 11) is 0. The third-order valence-electron chi connectivity index (χ3n) is 1.51. The second-order valence-electron chi connectivity index (χ2n) is 2.20. The zero-order chi connectivity index (χ0) is 6.81.